The molecule has 0 aliphatic carbocycles. The van der Waals surface area contributed by atoms with Gasteiger partial charge in [-0.2, -0.15) is 0 Å². The van der Waals surface area contributed by atoms with Gasteiger partial charge in [0.2, 0.25) is 5.75 Å². The van der Waals surface area contributed by atoms with Crippen LogP contribution in [0.1, 0.15) is 17.4 Å². The Morgan fingerprint density at radius 1 is 1.45 bits per heavy atom. The Bertz CT molecular complexity index is 1000. The first kappa shape index (κ1) is 20.4. The van der Waals surface area contributed by atoms with E-state index in [0.717, 1.165) is 11.5 Å². The van der Waals surface area contributed by atoms with Gasteiger partial charge >= 0.3 is 17.6 Å². The molecule has 0 spiro atoms. The summed E-state index contributed by atoms with van der Waals surface area (Å²) in [6, 6.07) is 1.71. The van der Waals surface area contributed by atoms with E-state index in [1.54, 1.807) is 6.07 Å². The summed E-state index contributed by atoms with van der Waals surface area (Å²) in [5.41, 5.74) is -0.355. The van der Waals surface area contributed by atoms with Crippen molar-refractivity contribution in [3.63, 3.8) is 0 Å². The van der Waals surface area contributed by atoms with Gasteiger partial charge < -0.3 is 24.8 Å². The summed E-state index contributed by atoms with van der Waals surface area (Å²) in [5.74, 6) is -1.77. The number of methoxy groups -OCH3 is 1. The number of cyclic esters (lactones) is 1. The SMILES string of the molecule is CCN(CCNC)c1cc(N2CCOC2=O)c2nc(C(=O)OC)c(O)c(=O)n2c1. The molecule has 3 heterocycles. The lowest BCUT2D eigenvalue weighted by Crippen LogP contribution is -2.32. The van der Waals surface area contributed by atoms with Crippen molar-refractivity contribution in [3.8, 4) is 5.75 Å². The lowest BCUT2D eigenvalue weighted by atomic mass is 10.2. The first-order chi connectivity index (χ1) is 13.9. The highest BCUT2D eigenvalue weighted by Crippen LogP contribution is 2.29. The third-order valence-electron chi connectivity index (χ3n) is 4.68. The minimum Gasteiger partial charge on any atom is -0.501 e. The largest absolute Gasteiger partial charge is 0.501 e. The van der Waals surface area contributed by atoms with Gasteiger partial charge in [-0.15, -0.1) is 0 Å². The topological polar surface area (TPSA) is 126 Å². The van der Waals surface area contributed by atoms with Crippen LogP contribution >= 0.6 is 0 Å². The van der Waals surface area contributed by atoms with E-state index in [-0.39, 0.29) is 18.8 Å². The number of hydrogen-bond acceptors (Lipinski definition) is 9. The minimum atomic E-state index is -0.953. The van der Waals surface area contributed by atoms with E-state index in [1.165, 1.54) is 11.1 Å². The summed E-state index contributed by atoms with van der Waals surface area (Å²) >= 11 is 0. The van der Waals surface area contributed by atoms with Crippen LogP contribution in [0.25, 0.3) is 5.65 Å². The van der Waals surface area contributed by atoms with Crippen molar-refractivity contribution >= 4 is 29.1 Å². The maximum atomic E-state index is 12.8. The first-order valence-corrected chi connectivity index (χ1v) is 9.14. The van der Waals surface area contributed by atoms with Gasteiger partial charge in [-0.05, 0) is 20.0 Å². The molecule has 0 saturated carbocycles. The fraction of sp³-hybridized carbons (Fsp3) is 0.444. The van der Waals surface area contributed by atoms with Crippen molar-refractivity contribution in [1.29, 1.82) is 0 Å². The Morgan fingerprint density at radius 3 is 2.79 bits per heavy atom. The molecule has 29 heavy (non-hydrogen) atoms. The van der Waals surface area contributed by atoms with Crippen LogP contribution in [0, 0.1) is 0 Å². The first-order valence-electron chi connectivity index (χ1n) is 9.14. The number of esters is 1. The molecule has 2 aromatic rings. The number of aromatic nitrogens is 2. The number of carbonyl (C=O) groups is 2. The van der Waals surface area contributed by atoms with Gasteiger partial charge in [0.05, 0.1) is 25.0 Å². The summed E-state index contributed by atoms with van der Waals surface area (Å²) < 4.78 is 10.7. The second-order valence-electron chi connectivity index (χ2n) is 6.33. The third-order valence-corrected chi connectivity index (χ3v) is 4.68. The molecule has 0 unspecified atom stereocenters. The van der Waals surface area contributed by atoms with Gasteiger partial charge in [-0.25, -0.2) is 14.6 Å². The number of nitrogens with zero attached hydrogens (tertiary/aromatic N) is 4. The minimum absolute atomic E-state index is 0.0421. The molecule has 156 valence electrons. The number of aromatic hydroxyl groups is 1. The fourth-order valence-corrected chi connectivity index (χ4v) is 3.14. The average Bonchev–Trinajstić information content (AvgIpc) is 3.16. The van der Waals surface area contributed by atoms with Crippen molar-refractivity contribution in [2.75, 3.05) is 56.7 Å². The quantitative estimate of drug-likeness (QED) is 0.621. The van der Waals surface area contributed by atoms with Crippen molar-refractivity contribution < 1.29 is 24.2 Å². The monoisotopic (exact) mass is 405 g/mol. The number of pyridine rings is 1. The molecule has 11 heteroatoms. The summed E-state index contributed by atoms with van der Waals surface area (Å²) in [7, 11) is 2.95. The predicted octanol–water partition coefficient (Wildman–Crippen LogP) is 0.189. The zero-order valence-electron chi connectivity index (χ0n) is 16.5. The molecule has 0 bridgehead atoms. The van der Waals surface area contributed by atoms with E-state index in [0.29, 0.717) is 31.0 Å². The van der Waals surface area contributed by atoms with Crippen molar-refractivity contribution in [2.24, 2.45) is 0 Å². The van der Waals surface area contributed by atoms with Crippen LogP contribution in [-0.2, 0) is 9.47 Å². The molecule has 1 aliphatic heterocycles. The predicted molar refractivity (Wildman–Crippen MR) is 105 cm³/mol. The standard InChI is InChI=1S/C18H23N5O6/c1-4-21(6-5-19-2)11-9-12(22-7-8-29-18(22)27)15-20-13(17(26)28-3)14(24)16(25)23(15)10-11/h9-10,19,24H,4-8H2,1-3H3. The second kappa shape index (κ2) is 8.35. The summed E-state index contributed by atoms with van der Waals surface area (Å²) in [6.07, 6.45) is 0.944. The summed E-state index contributed by atoms with van der Waals surface area (Å²) in [5, 5.41) is 13.3. The Morgan fingerprint density at radius 2 is 2.21 bits per heavy atom. The molecule has 1 aliphatic rings. The Kier molecular flexibility index (Phi) is 5.87. The average molecular weight is 405 g/mol. The number of nitrogens with one attached hydrogen (secondary N) is 1. The zero-order chi connectivity index (χ0) is 21.1. The molecule has 1 fully saturated rings. The maximum Gasteiger partial charge on any atom is 0.414 e. The molecular weight excluding hydrogens is 382 g/mol. The maximum absolute atomic E-state index is 12.8. The van der Waals surface area contributed by atoms with Crippen molar-refractivity contribution in [2.45, 2.75) is 6.92 Å². The van der Waals surface area contributed by atoms with E-state index in [2.05, 4.69) is 15.0 Å². The van der Waals surface area contributed by atoms with Gasteiger partial charge in [-0.3, -0.25) is 14.1 Å². The lowest BCUT2D eigenvalue weighted by Gasteiger charge is -2.25. The normalized spacial score (nSPS) is 13.6. The number of carbonyl (C=O) groups excluding carboxylic acids is 2. The molecule has 3 rings (SSSR count). The molecule has 0 aromatic carbocycles. The van der Waals surface area contributed by atoms with Gasteiger partial charge in [0.1, 0.15) is 6.61 Å². The number of fused-ring (bicyclic) bond motifs is 1. The van der Waals surface area contributed by atoms with E-state index < -0.39 is 29.1 Å². The molecule has 2 N–H and O–H groups in total. The number of likely N-dealkylation sites (N-methyl/N-ethyl adjacent to an activating group) is 2. The molecular formula is C18H23N5O6. The van der Waals surface area contributed by atoms with Gasteiger partial charge in [0.15, 0.2) is 11.3 Å². The lowest BCUT2D eigenvalue weighted by molar-refractivity contribution is 0.0590. The molecule has 1 amide bonds. The second-order valence-corrected chi connectivity index (χ2v) is 6.33. The van der Waals surface area contributed by atoms with Crippen LogP contribution in [0.5, 0.6) is 5.75 Å². The Hall–Kier alpha value is -3.34. The summed E-state index contributed by atoms with van der Waals surface area (Å²) in [6.45, 7) is 4.42. The molecule has 0 radical (unpaired) electrons. The fourth-order valence-electron chi connectivity index (χ4n) is 3.14. The van der Waals surface area contributed by atoms with Crippen LogP contribution in [0.3, 0.4) is 0 Å². The van der Waals surface area contributed by atoms with Crippen LogP contribution in [0.2, 0.25) is 0 Å². The number of ether oxygens (including phenoxy) is 2. The van der Waals surface area contributed by atoms with Gasteiger partial charge in [0, 0.05) is 25.8 Å². The Balaban J connectivity index is 2.29. The smallest absolute Gasteiger partial charge is 0.414 e. The third kappa shape index (κ3) is 3.68. The van der Waals surface area contributed by atoms with Gasteiger partial charge in [0.25, 0.3) is 0 Å². The van der Waals surface area contributed by atoms with Crippen molar-refractivity contribution in [1.82, 2.24) is 14.7 Å². The number of rotatable bonds is 7. The van der Waals surface area contributed by atoms with E-state index in [1.807, 2.05) is 18.9 Å². The summed E-state index contributed by atoms with van der Waals surface area (Å²) in [4.78, 5) is 44.4. The number of hydrogen-bond donors (Lipinski definition) is 2. The molecule has 11 nitrogen and oxygen atoms in total. The van der Waals surface area contributed by atoms with Gasteiger partial charge in [-0.1, -0.05) is 0 Å². The van der Waals surface area contributed by atoms with Crippen LogP contribution in [0.15, 0.2) is 17.1 Å². The van der Waals surface area contributed by atoms with Crippen LogP contribution < -0.4 is 20.7 Å². The highest BCUT2D eigenvalue weighted by atomic mass is 16.6. The highest BCUT2D eigenvalue weighted by Gasteiger charge is 2.29. The number of amides is 1. The van der Waals surface area contributed by atoms with E-state index >= 15 is 0 Å². The highest BCUT2D eigenvalue weighted by molar-refractivity contribution is 5.96. The molecule has 1 saturated heterocycles. The van der Waals surface area contributed by atoms with E-state index in [4.69, 9.17) is 4.74 Å². The van der Waals surface area contributed by atoms with Crippen LogP contribution in [-0.4, -0.2) is 73.5 Å². The molecule has 2 aromatic heterocycles. The number of anilines is 2. The van der Waals surface area contributed by atoms with Crippen LogP contribution in [0.4, 0.5) is 16.2 Å². The Labute approximate surface area is 166 Å². The van der Waals surface area contributed by atoms with Crippen molar-refractivity contribution in [3.05, 3.63) is 28.3 Å². The zero-order valence-corrected chi connectivity index (χ0v) is 16.5. The molecule has 0 atom stereocenters. The van der Waals surface area contributed by atoms with E-state index in [9.17, 15) is 19.5 Å².